The number of nitrogens with zero attached hydrogens (tertiary/aromatic N) is 3. The zero-order valence-corrected chi connectivity index (χ0v) is 23.5. The van der Waals surface area contributed by atoms with Crippen molar-refractivity contribution in [3.8, 4) is 17.2 Å². The highest BCUT2D eigenvalue weighted by Crippen LogP contribution is 2.42. The Morgan fingerprint density at radius 2 is 1.55 bits per heavy atom. The molecule has 0 bridgehead atoms. The maximum atomic E-state index is 14.4. The third-order valence-corrected chi connectivity index (χ3v) is 7.37. The summed E-state index contributed by atoms with van der Waals surface area (Å²) in [5.41, 5.74) is 5.33. The number of unbranched alkanes of at least 4 members (excludes halogenated alkanes) is 1. The number of aromatic nitrogens is 1. The van der Waals surface area contributed by atoms with Gasteiger partial charge in [-0.2, -0.15) is 0 Å². The maximum Gasteiger partial charge on any atom is 0.254 e. The Morgan fingerprint density at radius 1 is 0.875 bits per heavy atom. The van der Waals surface area contributed by atoms with Gasteiger partial charge >= 0.3 is 0 Å². The van der Waals surface area contributed by atoms with Crippen molar-refractivity contribution in [1.82, 2.24) is 9.47 Å². The Morgan fingerprint density at radius 3 is 2.20 bits per heavy atom. The van der Waals surface area contributed by atoms with E-state index >= 15 is 0 Å². The van der Waals surface area contributed by atoms with Crippen molar-refractivity contribution in [2.24, 2.45) is 0 Å². The summed E-state index contributed by atoms with van der Waals surface area (Å²) in [6.45, 7) is 4.52. The predicted molar refractivity (Wildman–Crippen MR) is 157 cm³/mol. The lowest BCUT2D eigenvalue weighted by molar-refractivity contribution is -0.119. The number of carbonyl (C=O) groups excluding carboxylic acids is 2. The molecule has 0 fully saturated rings. The van der Waals surface area contributed by atoms with E-state index < -0.39 is 0 Å². The van der Waals surface area contributed by atoms with Crippen LogP contribution in [0.3, 0.4) is 0 Å². The Balaban J connectivity index is 1.55. The second-order valence-corrected chi connectivity index (χ2v) is 10.1. The summed E-state index contributed by atoms with van der Waals surface area (Å²) >= 11 is 0. The molecule has 206 valence electrons. The van der Waals surface area contributed by atoms with Gasteiger partial charge in [-0.05, 0) is 55.3 Å². The van der Waals surface area contributed by atoms with Crippen molar-refractivity contribution >= 4 is 17.5 Å². The number of ether oxygens (including phenoxy) is 2. The van der Waals surface area contributed by atoms with E-state index in [1.807, 2.05) is 41.4 Å². The number of aryl methyl sites for hydroxylation is 1. The van der Waals surface area contributed by atoms with Crippen LogP contribution in [0, 0.1) is 6.92 Å². The predicted octanol–water partition coefficient (Wildman–Crippen LogP) is 6.18. The van der Waals surface area contributed by atoms with E-state index in [4.69, 9.17) is 9.47 Å². The smallest absolute Gasteiger partial charge is 0.254 e. The molecule has 0 spiro atoms. The number of methoxy groups -OCH3 is 2. The topological polar surface area (TPSA) is 64.0 Å². The fraction of sp³-hybridized carbons (Fsp3) is 0.273. The molecule has 2 heterocycles. The summed E-state index contributed by atoms with van der Waals surface area (Å²) in [5, 5.41) is 0. The summed E-state index contributed by atoms with van der Waals surface area (Å²) in [4.78, 5) is 31.7. The molecular weight excluding hydrogens is 502 g/mol. The van der Waals surface area contributed by atoms with Crippen LogP contribution in [0.25, 0.3) is 5.69 Å². The van der Waals surface area contributed by atoms with E-state index in [9.17, 15) is 9.59 Å². The lowest BCUT2D eigenvalue weighted by Crippen LogP contribution is -2.47. The molecule has 1 aliphatic heterocycles. The Kier molecular flexibility index (Phi) is 7.91. The Hall–Kier alpha value is -4.52. The minimum absolute atomic E-state index is 0.0598. The van der Waals surface area contributed by atoms with Crippen LogP contribution < -0.4 is 14.4 Å². The number of anilines is 1. The lowest BCUT2D eigenvalue weighted by Gasteiger charge is -2.39. The van der Waals surface area contributed by atoms with Gasteiger partial charge in [0.05, 0.1) is 31.3 Å². The van der Waals surface area contributed by atoms with Gasteiger partial charge in [0, 0.05) is 24.4 Å². The molecule has 0 radical (unpaired) electrons. The van der Waals surface area contributed by atoms with E-state index in [-0.39, 0.29) is 24.4 Å². The van der Waals surface area contributed by atoms with Crippen molar-refractivity contribution in [2.75, 3.05) is 32.2 Å². The Labute approximate surface area is 235 Å². The molecule has 7 heteroatoms. The SMILES string of the molecule is CCCCN(CC(=O)N1c2ccccc2-n2cccc2C1c1ccc(C)cc1)C(=O)c1cc(OC)cc(OC)c1. The third kappa shape index (κ3) is 5.19. The number of amides is 2. The fourth-order valence-corrected chi connectivity index (χ4v) is 5.28. The van der Waals surface area contributed by atoms with Gasteiger partial charge < -0.3 is 18.9 Å². The summed E-state index contributed by atoms with van der Waals surface area (Å²) < 4.78 is 12.9. The van der Waals surface area contributed by atoms with Crippen molar-refractivity contribution in [3.63, 3.8) is 0 Å². The average molecular weight is 538 g/mol. The van der Waals surface area contributed by atoms with E-state index in [0.29, 0.717) is 23.6 Å². The number of rotatable bonds is 9. The lowest BCUT2D eigenvalue weighted by atomic mass is 9.97. The number of para-hydroxylation sites is 2. The second kappa shape index (κ2) is 11.7. The minimum Gasteiger partial charge on any atom is -0.497 e. The van der Waals surface area contributed by atoms with E-state index in [0.717, 1.165) is 41.0 Å². The molecule has 5 rings (SSSR count). The summed E-state index contributed by atoms with van der Waals surface area (Å²) in [6.07, 6.45) is 3.71. The van der Waals surface area contributed by atoms with Gasteiger partial charge in [0.1, 0.15) is 24.1 Å². The quantitative estimate of drug-likeness (QED) is 0.256. The van der Waals surface area contributed by atoms with Crippen LogP contribution in [0.5, 0.6) is 11.5 Å². The highest BCUT2D eigenvalue weighted by atomic mass is 16.5. The van der Waals surface area contributed by atoms with Crippen LogP contribution in [-0.4, -0.2) is 48.6 Å². The molecule has 3 aromatic carbocycles. The van der Waals surface area contributed by atoms with Gasteiger partial charge in [0.15, 0.2) is 0 Å². The van der Waals surface area contributed by atoms with Crippen molar-refractivity contribution in [2.45, 2.75) is 32.7 Å². The largest absolute Gasteiger partial charge is 0.497 e. The van der Waals surface area contributed by atoms with Crippen LogP contribution in [0.2, 0.25) is 0 Å². The maximum absolute atomic E-state index is 14.4. The molecule has 7 nitrogen and oxygen atoms in total. The van der Waals surface area contributed by atoms with Gasteiger partial charge in [-0.15, -0.1) is 0 Å². The van der Waals surface area contributed by atoms with Gasteiger partial charge in [-0.3, -0.25) is 14.5 Å². The standard InChI is InChI=1S/C33H35N3O4/c1-5-6-17-34(33(38)25-19-26(39-3)21-27(20-25)40-4)22-31(37)36-29-11-8-7-10-28(29)35-18-9-12-30(35)32(36)24-15-13-23(2)14-16-24/h7-16,18-21,32H,5-6,17,22H2,1-4H3. The number of carbonyl (C=O) groups is 2. The Bertz CT molecular complexity index is 1490. The highest BCUT2D eigenvalue weighted by molar-refractivity contribution is 6.03. The summed E-state index contributed by atoms with van der Waals surface area (Å²) in [6, 6.07) is 25.0. The van der Waals surface area contributed by atoms with Crippen LogP contribution in [0.1, 0.15) is 53.0 Å². The molecule has 1 unspecified atom stereocenters. The molecule has 0 saturated heterocycles. The molecule has 0 aliphatic carbocycles. The molecule has 4 aromatic rings. The minimum atomic E-state index is -0.335. The molecular formula is C33H35N3O4. The van der Waals surface area contributed by atoms with Crippen LogP contribution in [-0.2, 0) is 4.79 Å². The third-order valence-electron chi connectivity index (χ3n) is 7.37. The zero-order valence-electron chi connectivity index (χ0n) is 23.5. The zero-order chi connectivity index (χ0) is 28.2. The molecule has 0 N–H and O–H groups in total. The molecule has 1 aromatic heterocycles. The van der Waals surface area contributed by atoms with Crippen LogP contribution in [0.4, 0.5) is 5.69 Å². The molecule has 0 saturated carbocycles. The number of hydrogen-bond acceptors (Lipinski definition) is 4. The number of fused-ring (bicyclic) bond motifs is 3. The molecule has 1 aliphatic rings. The first-order valence-electron chi connectivity index (χ1n) is 13.6. The molecule has 40 heavy (non-hydrogen) atoms. The van der Waals surface area contributed by atoms with Gasteiger partial charge in [0.25, 0.3) is 5.91 Å². The van der Waals surface area contributed by atoms with Crippen LogP contribution >= 0.6 is 0 Å². The average Bonchev–Trinajstić information content (AvgIpc) is 3.48. The van der Waals surface area contributed by atoms with Crippen molar-refractivity contribution in [3.05, 3.63) is 107 Å². The molecule has 2 amide bonds. The van der Waals surface area contributed by atoms with Gasteiger partial charge in [-0.1, -0.05) is 55.3 Å². The first kappa shape index (κ1) is 27.1. The highest BCUT2D eigenvalue weighted by Gasteiger charge is 2.37. The summed E-state index contributed by atoms with van der Waals surface area (Å²) in [5.74, 6) is 0.661. The monoisotopic (exact) mass is 537 g/mol. The van der Waals surface area contributed by atoms with E-state index in [2.05, 4.69) is 48.7 Å². The van der Waals surface area contributed by atoms with E-state index in [1.54, 1.807) is 37.3 Å². The molecule has 1 atom stereocenters. The first-order valence-corrected chi connectivity index (χ1v) is 13.6. The summed E-state index contributed by atoms with van der Waals surface area (Å²) in [7, 11) is 3.10. The van der Waals surface area contributed by atoms with Gasteiger partial charge in [0.2, 0.25) is 5.91 Å². The number of hydrogen-bond donors (Lipinski definition) is 0. The first-order chi connectivity index (χ1) is 19.4. The second-order valence-electron chi connectivity index (χ2n) is 10.1. The van der Waals surface area contributed by atoms with Crippen molar-refractivity contribution in [1.29, 1.82) is 0 Å². The normalized spacial score (nSPS) is 13.8. The van der Waals surface area contributed by atoms with Crippen LogP contribution in [0.15, 0.2) is 85.1 Å². The number of benzene rings is 3. The van der Waals surface area contributed by atoms with Gasteiger partial charge in [-0.25, -0.2) is 0 Å². The van der Waals surface area contributed by atoms with Crippen molar-refractivity contribution < 1.29 is 19.1 Å². The van der Waals surface area contributed by atoms with E-state index in [1.165, 1.54) is 0 Å². The fourth-order valence-electron chi connectivity index (χ4n) is 5.28.